The number of nitro groups is 1. The molecule has 0 saturated heterocycles. The normalized spacial score (nSPS) is 12.0. The molecule has 1 atom stereocenters. The Hall–Kier alpha value is -3.87. The Morgan fingerprint density at radius 2 is 1.66 bits per heavy atom. The number of non-ortho nitro benzene ring substituents is 1. The average Bonchev–Trinajstić information content (AvgIpc) is 2.97. The fourth-order valence-corrected chi connectivity index (χ4v) is 5.77. The number of methoxy groups -OCH3 is 1. The van der Waals surface area contributed by atoms with Crippen LogP contribution >= 0.6 is 23.2 Å². The topological polar surface area (TPSA) is 139 Å². The van der Waals surface area contributed by atoms with Gasteiger partial charge in [-0.15, -0.1) is 0 Å². The van der Waals surface area contributed by atoms with Crippen LogP contribution in [-0.2, 0) is 32.6 Å². The van der Waals surface area contributed by atoms with Crippen molar-refractivity contribution in [1.82, 2.24) is 10.2 Å². The van der Waals surface area contributed by atoms with Gasteiger partial charge in [-0.3, -0.25) is 24.0 Å². The van der Waals surface area contributed by atoms with Crippen LogP contribution in [-0.4, -0.2) is 62.6 Å². The maximum absolute atomic E-state index is 14.3. The average molecular weight is 666 g/mol. The molecular formula is C30H34Cl2N4O7S. The van der Waals surface area contributed by atoms with Crippen LogP contribution in [0.4, 0.5) is 11.4 Å². The highest BCUT2D eigenvalue weighted by Crippen LogP contribution is 2.34. The molecule has 0 fully saturated rings. The van der Waals surface area contributed by atoms with Crippen molar-refractivity contribution in [3.8, 4) is 5.75 Å². The van der Waals surface area contributed by atoms with Crippen LogP contribution in [0.5, 0.6) is 5.75 Å². The second kappa shape index (κ2) is 15.2. The van der Waals surface area contributed by atoms with Crippen molar-refractivity contribution in [1.29, 1.82) is 0 Å². The Labute approximate surface area is 266 Å². The SMILES string of the molecule is COc1ccc([N+](=O)[O-])cc1N(CC(=O)N(Cc1c(Cl)cccc1Cl)C(Cc1ccccc1)C(=O)NCC(C)C)S(C)(=O)=O. The van der Waals surface area contributed by atoms with Crippen LogP contribution in [0.2, 0.25) is 10.0 Å². The number of anilines is 1. The van der Waals surface area contributed by atoms with E-state index in [9.17, 15) is 28.1 Å². The largest absolute Gasteiger partial charge is 0.495 e. The molecule has 11 nitrogen and oxygen atoms in total. The molecule has 0 saturated carbocycles. The van der Waals surface area contributed by atoms with Crippen LogP contribution in [0.25, 0.3) is 0 Å². The number of rotatable bonds is 14. The number of benzene rings is 3. The molecule has 1 N–H and O–H groups in total. The molecule has 3 rings (SSSR count). The predicted molar refractivity (Wildman–Crippen MR) is 171 cm³/mol. The van der Waals surface area contributed by atoms with Gasteiger partial charge in [0.15, 0.2) is 0 Å². The Morgan fingerprint density at radius 1 is 1.02 bits per heavy atom. The zero-order valence-electron chi connectivity index (χ0n) is 24.7. The minimum atomic E-state index is -4.21. The van der Waals surface area contributed by atoms with Gasteiger partial charge in [-0.2, -0.15) is 0 Å². The lowest BCUT2D eigenvalue weighted by Gasteiger charge is -2.34. The maximum Gasteiger partial charge on any atom is 0.271 e. The predicted octanol–water partition coefficient (Wildman–Crippen LogP) is 5.09. The number of carbonyl (C=O) groups excluding carboxylic acids is 2. The summed E-state index contributed by atoms with van der Waals surface area (Å²) in [5.74, 6) is -1.14. The van der Waals surface area contributed by atoms with Gasteiger partial charge in [-0.05, 0) is 29.7 Å². The molecule has 1 unspecified atom stereocenters. The fourth-order valence-electron chi connectivity index (χ4n) is 4.41. The van der Waals surface area contributed by atoms with Crippen LogP contribution in [0.3, 0.4) is 0 Å². The van der Waals surface area contributed by atoms with Crippen molar-refractivity contribution >= 4 is 56.4 Å². The lowest BCUT2D eigenvalue weighted by molar-refractivity contribution is -0.384. The first kappa shape index (κ1) is 34.6. The number of hydrogen-bond acceptors (Lipinski definition) is 7. The smallest absolute Gasteiger partial charge is 0.271 e. The van der Waals surface area contributed by atoms with Gasteiger partial charge >= 0.3 is 0 Å². The fraction of sp³-hybridized carbons (Fsp3) is 0.333. The first-order valence-electron chi connectivity index (χ1n) is 13.6. The Bertz CT molecular complexity index is 1580. The van der Waals surface area contributed by atoms with Gasteiger partial charge < -0.3 is 15.0 Å². The molecule has 0 aliphatic carbocycles. The van der Waals surface area contributed by atoms with E-state index < -0.39 is 45.0 Å². The minimum absolute atomic E-state index is 0.00923. The molecule has 0 radical (unpaired) electrons. The number of nitro benzene ring substituents is 1. The van der Waals surface area contributed by atoms with Crippen LogP contribution < -0.4 is 14.4 Å². The summed E-state index contributed by atoms with van der Waals surface area (Å²) in [7, 11) is -2.94. The summed E-state index contributed by atoms with van der Waals surface area (Å²) in [5, 5.41) is 14.9. The third-order valence-corrected chi connectivity index (χ3v) is 8.50. The monoisotopic (exact) mass is 664 g/mol. The number of carbonyl (C=O) groups is 2. The minimum Gasteiger partial charge on any atom is -0.495 e. The molecular weight excluding hydrogens is 631 g/mol. The molecule has 3 aromatic rings. The van der Waals surface area contributed by atoms with E-state index in [2.05, 4.69) is 5.32 Å². The Morgan fingerprint density at radius 3 is 2.20 bits per heavy atom. The summed E-state index contributed by atoms with van der Waals surface area (Å²) in [6, 6.07) is 16.2. The van der Waals surface area contributed by atoms with Crippen LogP contribution in [0.1, 0.15) is 25.0 Å². The van der Waals surface area contributed by atoms with E-state index in [-0.39, 0.29) is 40.4 Å². The summed E-state index contributed by atoms with van der Waals surface area (Å²) in [6.07, 6.45) is 0.961. The summed E-state index contributed by atoms with van der Waals surface area (Å²) in [5.41, 5.74) is 0.493. The highest BCUT2D eigenvalue weighted by atomic mass is 35.5. The molecule has 236 valence electrons. The molecule has 2 amide bonds. The molecule has 0 spiro atoms. The molecule has 0 aliphatic heterocycles. The van der Waals surface area contributed by atoms with E-state index in [0.717, 1.165) is 24.0 Å². The van der Waals surface area contributed by atoms with Crippen molar-refractivity contribution in [3.05, 3.63) is 98.0 Å². The number of nitrogens with zero attached hydrogens (tertiary/aromatic N) is 3. The van der Waals surface area contributed by atoms with Crippen molar-refractivity contribution in [2.24, 2.45) is 5.92 Å². The van der Waals surface area contributed by atoms with Crippen molar-refractivity contribution in [3.63, 3.8) is 0 Å². The van der Waals surface area contributed by atoms with E-state index in [1.807, 2.05) is 32.0 Å². The van der Waals surface area contributed by atoms with Crippen molar-refractivity contribution in [2.75, 3.05) is 30.8 Å². The lowest BCUT2D eigenvalue weighted by Crippen LogP contribution is -2.53. The van der Waals surface area contributed by atoms with E-state index in [1.165, 1.54) is 18.1 Å². The summed E-state index contributed by atoms with van der Waals surface area (Å²) >= 11 is 13.0. The summed E-state index contributed by atoms with van der Waals surface area (Å²) in [4.78, 5) is 40.1. The number of nitrogens with one attached hydrogen (secondary N) is 1. The van der Waals surface area contributed by atoms with Gasteiger partial charge in [-0.25, -0.2) is 8.42 Å². The number of ether oxygens (including phenoxy) is 1. The molecule has 3 aromatic carbocycles. The van der Waals surface area contributed by atoms with Crippen LogP contribution in [0, 0.1) is 16.0 Å². The van der Waals surface area contributed by atoms with Gasteiger partial charge in [0.25, 0.3) is 5.69 Å². The van der Waals surface area contributed by atoms with Crippen molar-refractivity contribution in [2.45, 2.75) is 32.9 Å². The summed E-state index contributed by atoms with van der Waals surface area (Å²) < 4.78 is 32.2. The third-order valence-electron chi connectivity index (χ3n) is 6.67. The molecule has 0 aliphatic rings. The molecule has 44 heavy (non-hydrogen) atoms. The molecule has 0 aromatic heterocycles. The highest BCUT2D eigenvalue weighted by molar-refractivity contribution is 7.92. The zero-order chi connectivity index (χ0) is 32.6. The standard InChI is InChI=1S/C30H34Cl2N4O7S/c1-20(2)17-33-30(38)27(15-21-9-6-5-7-10-21)34(18-23-24(31)11-8-12-25(23)32)29(37)19-35(44(4,41)42)26-16-22(36(39)40)13-14-28(26)43-3/h5-14,16,20,27H,15,17-19H2,1-4H3,(H,33,38). The van der Waals surface area contributed by atoms with E-state index in [4.69, 9.17) is 27.9 Å². The molecule has 0 heterocycles. The number of sulfonamides is 1. The van der Waals surface area contributed by atoms with Gasteiger partial charge in [0.2, 0.25) is 21.8 Å². The van der Waals surface area contributed by atoms with E-state index in [1.54, 1.807) is 30.3 Å². The third kappa shape index (κ3) is 9.07. The Balaban J connectivity index is 2.16. The van der Waals surface area contributed by atoms with E-state index in [0.29, 0.717) is 16.4 Å². The molecule has 0 bridgehead atoms. The van der Waals surface area contributed by atoms with Gasteiger partial charge in [0, 0.05) is 47.3 Å². The maximum atomic E-state index is 14.3. The van der Waals surface area contributed by atoms with Gasteiger partial charge in [0.1, 0.15) is 24.0 Å². The zero-order valence-corrected chi connectivity index (χ0v) is 27.0. The second-order valence-corrected chi connectivity index (χ2v) is 13.2. The quantitative estimate of drug-likeness (QED) is 0.187. The summed E-state index contributed by atoms with van der Waals surface area (Å²) in [6.45, 7) is 3.15. The van der Waals surface area contributed by atoms with Gasteiger partial charge in [-0.1, -0.05) is 73.4 Å². The number of amides is 2. The molecule has 14 heteroatoms. The number of hydrogen-bond donors (Lipinski definition) is 1. The van der Waals surface area contributed by atoms with Gasteiger partial charge in [0.05, 0.1) is 18.3 Å². The number of halogens is 2. The first-order valence-corrected chi connectivity index (χ1v) is 16.2. The van der Waals surface area contributed by atoms with Crippen molar-refractivity contribution < 1.29 is 27.7 Å². The first-order chi connectivity index (χ1) is 20.7. The Kier molecular flexibility index (Phi) is 12.0. The highest BCUT2D eigenvalue weighted by Gasteiger charge is 2.35. The van der Waals surface area contributed by atoms with E-state index >= 15 is 0 Å². The second-order valence-electron chi connectivity index (χ2n) is 10.4. The lowest BCUT2D eigenvalue weighted by atomic mass is 10.0. The van der Waals surface area contributed by atoms with Crippen LogP contribution in [0.15, 0.2) is 66.7 Å².